The van der Waals surface area contributed by atoms with Gasteiger partial charge in [-0.25, -0.2) is 8.42 Å². The number of carbonyl (C=O) groups excluding carboxylic acids is 1. The number of sulfonamides is 1. The van der Waals surface area contributed by atoms with E-state index in [2.05, 4.69) is 5.32 Å². The summed E-state index contributed by atoms with van der Waals surface area (Å²) in [5.41, 5.74) is 2.21. The number of furan rings is 1. The van der Waals surface area contributed by atoms with Gasteiger partial charge >= 0.3 is 0 Å². The van der Waals surface area contributed by atoms with E-state index in [1.165, 1.54) is 24.3 Å². The van der Waals surface area contributed by atoms with Gasteiger partial charge in [-0.3, -0.25) is 4.79 Å². The van der Waals surface area contributed by atoms with Gasteiger partial charge < -0.3 is 14.5 Å². The van der Waals surface area contributed by atoms with E-state index < -0.39 is 10.0 Å². The SMILES string of the molecule is COc1cc2c(cc1NC(=O)c1ccc(S(=O)(=O)N3CCCCCC3)cc1)oc1ccccc12. The van der Waals surface area contributed by atoms with Crippen molar-refractivity contribution in [1.82, 2.24) is 4.31 Å². The molecule has 0 atom stereocenters. The first-order valence-electron chi connectivity index (χ1n) is 11.4. The Labute approximate surface area is 198 Å². The third kappa shape index (κ3) is 4.15. The number of carbonyl (C=O) groups is 1. The second-order valence-corrected chi connectivity index (χ2v) is 10.4. The Kier molecular flexibility index (Phi) is 6.02. The molecule has 0 aliphatic carbocycles. The molecule has 0 saturated carbocycles. The number of amides is 1. The molecule has 0 bridgehead atoms. The molecule has 7 nitrogen and oxygen atoms in total. The number of rotatable bonds is 5. The van der Waals surface area contributed by atoms with Crippen LogP contribution >= 0.6 is 0 Å². The summed E-state index contributed by atoms with van der Waals surface area (Å²) in [4.78, 5) is 13.1. The minimum absolute atomic E-state index is 0.201. The van der Waals surface area contributed by atoms with Gasteiger partial charge in [-0.1, -0.05) is 31.0 Å². The highest BCUT2D eigenvalue weighted by Gasteiger charge is 2.25. The van der Waals surface area contributed by atoms with Crippen molar-refractivity contribution >= 4 is 43.6 Å². The standard InChI is InChI=1S/C26H26N2O5S/c1-32-25-16-21-20-8-4-5-9-23(20)33-24(21)17-22(25)27-26(29)18-10-12-19(13-11-18)34(30,31)28-14-6-2-3-7-15-28/h4-5,8-13,16-17H,2-3,6-7,14-15H2,1H3,(H,27,29). The van der Waals surface area contributed by atoms with Crippen molar-refractivity contribution in [3.05, 3.63) is 66.2 Å². The number of anilines is 1. The van der Waals surface area contributed by atoms with Crippen LogP contribution in [0.5, 0.6) is 5.75 Å². The zero-order chi connectivity index (χ0) is 23.7. The third-order valence-electron chi connectivity index (χ3n) is 6.27. The van der Waals surface area contributed by atoms with E-state index in [1.807, 2.05) is 30.3 Å². The molecule has 0 unspecified atom stereocenters. The average Bonchev–Trinajstić information content (AvgIpc) is 3.00. The molecule has 0 spiro atoms. The maximum atomic E-state index is 13.0. The van der Waals surface area contributed by atoms with Gasteiger partial charge in [0.15, 0.2) is 0 Å². The van der Waals surface area contributed by atoms with Crippen LogP contribution in [0.25, 0.3) is 21.9 Å². The van der Waals surface area contributed by atoms with E-state index >= 15 is 0 Å². The van der Waals surface area contributed by atoms with Crippen molar-refractivity contribution in [3.8, 4) is 5.75 Å². The van der Waals surface area contributed by atoms with E-state index in [9.17, 15) is 13.2 Å². The summed E-state index contributed by atoms with van der Waals surface area (Å²) in [6, 6.07) is 17.3. The molecular weight excluding hydrogens is 452 g/mol. The highest BCUT2D eigenvalue weighted by atomic mass is 32.2. The number of para-hydroxylation sites is 1. The van der Waals surface area contributed by atoms with Crippen molar-refractivity contribution in [3.63, 3.8) is 0 Å². The predicted molar refractivity (Wildman–Crippen MR) is 132 cm³/mol. The topological polar surface area (TPSA) is 88.8 Å². The average molecular weight is 479 g/mol. The molecule has 176 valence electrons. The summed E-state index contributed by atoms with van der Waals surface area (Å²) in [6.45, 7) is 1.07. The Morgan fingerprint density at radius 1 is 0.912 bits per heavy atom. The van der Waals surface area contributed by atoms with Crippen LogP contribution in [0, 0.1) is 0 Å². The molecule has 1 N–H and O–H groups in total. The molecule has 1 aliphatic heterocycles. The number of benzene rings is 3. The summed E-state index contributed by atoms with van der Waals surface area (Å²) in [5.74, 6) is 0.139. The summed E-state index contributed by atoms with van der Waals surface area (Å²) in [7, 11) is -2.02. The second kappa shape index (κ2) is 9.12. The molecular formula is C26H26N2O5S. The molecule has 1 aliphatic rings. The molecule has 4 aromatic rings. The lowest BCUT2D eigenvalue weighted by Crippen LogP contribution is -2.31. The number of ether oxygens (including phenoxy) is 1. The van der Waals surface area contributed by atoms with Crippen LogP contribution in [0.2, 0.25) is 0 Å². The summed E-state index contributed by atoms with van der Waals surface area (Å²) in [5, 5.41) is 4.72. The molecule has 1 aromatic heterocycles. The van der Waals surface area contributed by atoms with Gasteiger partial charge in [-0.05, 0) is 49.2 Å². The van der Waals surface area contributed by atoms with Gasteiger partial charge in [0, 0.05) is 35.5 Å². The number of nitrogens with zero attached hydrogens (tertiary/aromatic N) is 1. The summed E-state index contributed by atoms with van der Waals surface area (Å²) in [6.07, 6.45) is 3.84. The van der Waals surface area contributed by atoms with Gasteiger partial charge in [0.1, 0.15) is 16.9 Å². The summed E-state index contributed by atoms with van der Waals surface area (Å²) >= 11 is 0. The Hall–Kier alpha value is -3.36. The maximum absolute atomic E-state index is 13.0. The first kappa shape index (κ1) is 22.4. The predicted octanol–water partition coefficient (Wildman–Crippen LogP) is 5.41. The zero-order valence-electron chi connectivity index (χ0n) is 18.9. The minimum Gasteiger partial charge on any atom is -0.495 e. The van der Waals surface area contributed by atoms with Crippen molar-refractivity contribution in [1.29, 1.82) is 0 Å². The van der Waals surface area contributed by atoms with Crippen LogP contribution in [-0.2, 0) is 10.0 Å². The van der Waals surface area contributed by atoms with E-state index in [4.69, 9.17) is 9.15 Å². The fraction of sp³-hybridized carbons (Fsp3) is 0.269. The molecule has 34 heavy (non-hydrogen) atoms. The molecule has 1 fully saturated rings. The molecule has 1 saturated heterocycles. The fourth-order valence-electron chi connectivity index (χ4n) is 4.42. The molecule has 1 amide bonds. The highest BCUT2D eigenvalue weighted by molar-refractivity contribution is 7.89. The molecule has 5 rings (SSSR count). The Morgan fingerprint density at radius 2 is 1.62 bits per heavy atom. The van der Waals surface area contributed by atoms with Gasteiger partial charge in [0.2, 0.25) is 10.0 Å². The van der Waals surface area contributed by atoms with Gasteiger partial charge in [0.25, 0.3) is 5.91 Å². The molecule has 3 aromatic carbocycles. The number of hydrogen-bond acceptors (Lipinski definition) is 5. The van der Waals surface area contributed by atoms with Crippen LogP contribution in [0.15, 0.2) is 70.0 Å². The number of fused-ring (bicyclic) bond motifs is 3. The quantitative estimate of drug-likeness (QED) is 0.414. The first-order chi connectivity index (χ1) is 16.5. The first-order valence-corrected chi connectivity index (χ1v) is 12.8. The molecule has 8 heteroatoms. The zero-order valence-corrected chi connectivity index (χ0v) is 19.7. The molecule has 2 heterocycles. The second-order valence-electron chi connectivity index (χ2n) is 8.44. The van der Waals surface area contributed by atoms with Gasteiger partial charge in [-0.2, -0.15) is 4.31 Å². The van der Waals surface area contributed by atoms with Crippen LogP contribution < -0.4 is 10.1 Å². The van der Waals surface area contributed by atoms with E-state index in [-0.39, 0.29) is 10.8 Å². The highest BCUT2D eigenvalue weighted by Crippen LogP contribution is 2.36. The largest absolute Gasteiger partial charge is 0.495 e. The van der Waals surface area contributed by atoms with E-state index in [0.29, 0.717) is 35.7 Å². The van der Waals surface area contributed by atoms with Crippen molar-refractivity contribution in [2.24, 2.45) is 0 Å². The minimum atomic E-state index is -3.57. The Bertz CT molecular complexity index is 1450. The summed E-state index contributed by atoms with van der Waals surface area (Å²) < 4.78 is 39.0. The Morgan fingerprint density at radius 3 is 2.32 bits per heavy atom. The van der Waals surface area contributed by atoms with Gasteiger partial charge in [0.05, 0.1) is 17.7 Å². The monoisotopic (exact) mass is 478 g/mol. The fourth-order valence-corrected chi connectivity index (χ4v) is 5.94. The van der Waals surface area contributed by atoms with E-state index in [0.717, 1.165) is 42.0 Å². The number of nitrogens with one attached hydrogen (secondary N) is 1. The van der Waals surface area contributed by atoms with Crippen LogP contribution in [0.3, 0.4) is 0 Å². The third-order valence-corrected chi connectivity index (χ3v) is 8.18. The number of hydrogen-bond donors (Lipinski definition) is 1. The van der Waals surface area contributed by atoms with Crippen LogP contribution in [-0.4, -0.2) is 38.8 Å². The van der Waals surface area contributed by atoms with Gasteiger partial charge in [-0.15, -0.1) is 0 Å². The maximum Gasteiger partial charge on any atom is 0.255 e. The molecule has 0 radical (unpaired) electrons. The van der Waals surface area contributed by atoms with Crippen molar-refractivity contribution in [2.45, 2.75) is 30.6 Å². The lowest BCUT2D eigenvalue weighted by atomic mass is 10.1. The number of methoxy groups -OCH3 is 1. The van der Waals surface area contributed by atoms with E-state index in [1.54, 1.807) is 17.5 Å². The smallest absolute Gasteiger partial charge is 0.255 e. The van der Waals surface area contributed by atoms with Crippen LogP contribution in [0.1, 0.15) is 36.0 Å². The van der Waals surface area contributed by atoms with Crippen LogP contribution in [0.4, 0.5) is 5.69 Å². The van der Waals surface area contributed by atoms with Crippen molar-refractivity contribution < 1.29 is 22.4 Å². The normalized spacial score (nSPS) is 15.3. The Balaban J connectivity index is 1.39. The van der Waals surface area contributed by atoms with Crippen molar-refractivity contribution in [2.75, 3.05) is 25.5 Å². The lowest BCUT2D eigenvalue weighted by Gasteiger charge is -2.20. The lowest BCUT2D eigenvalue weighted by molar-refractivity contribution is 0.102.